The summed E-state index contributed by atoms with van der Waals surface area (Å²) >= 11 is 5.16. The Balaban J connectivity index is 2.41. The van der Waals surface area contributed by atoms with Crippen LogP contribution < -0.4 is 0 Å². The van der Waals surface area contributed by atoms with E-state index in [1.807, 2.05) is 25.1 Å². The van der Waals surface area contributed by atoms with Crippen LogP contribution in [0.2, 0.25) is 0 Å². The van der Waals surface area contributed by atoms with Crippen LogP contribution in [0, 0.1) is 29.8 Å². The van der Waals surface area contributed by atoms with E-state index in [2.05, 4.69) is 42.2 Å². The van der Waals surface area contributed by atoms with Crippen molar-refractivity contribution in [2.75, 3.05) is 0 Å². The number of aryl methyl sites for hydroxylation is 2. The molecule has 1 N–H and O–H groups in total. The monoisotopic (exact) mass is 266 g/mol. The van der Waals surface area contributed by atoms with Gasteiger partial charge in [0, 0.05) is 5.69 Å². The molecule has 2 nitrogen and oxygen atoms in total. The van der Waals surface area contributed by atoms with E-state index in [0.717, 1.165) is 16.8 Å². The second kappa shape index (κ2) is 5.64. The predicted octanol–water partition coefficient (Wildman–Crippen LogP) is 4.40. The van der Waals surface area contributed by atoms with Gasteiger partial charge in [0.05, 0.1) is 5.56 Å². The number of aromatic amines is 1. The maximum Gasteiger partial charge on any atom is 0.122 e. The molecule has 0 aliphatic carbocycles. The summed E-state index contributed by atoms with van der Waals surface area (Å²) in [5.74, 6) is 0. The molecule has 0 radical (unpaired) electrons. The third-order valence-electron chi connectivity index (χ3n) is 2.84. The fourth-order valence-corrected chi connectivity index (χ4v) is 2.15. The smallest absolute Gasteiger partial charge is 0.122 e. The molecule has 0 atom stereocenters. The molecule has 0 amide bonds. The average Bonchev–Trinajstić information content (AvgIpc) is 2.37. The van der Waals surface area contributed by atoms with Crippen molar-refractivity contribution in [1.82, 2.24) is 4.98 Å². The van der Waals surface area contributed by atoms with Gasteiger partial charge in [0.1, 0.15) is 10.7 Å². The summed E-state index contributed by atoms with van der Waals surface area (Å²) < 4.78 is 0.492. The highest BCUT2D eigenvalue weighted by Crippen LogP contribution is 2.15. The van der Waals surface area contributed by atoms with Gasteiger partial charge < -0.3 is 4.98 Å². The zero-order chi connectivity index (χ0) is 13.8. The van der Waals surface area contributed by atoms with Crippen LogP contribution in [-0.4, -0.2) is 4.98 Å². The first-order valence-corrected chi connectivity index (χ1v) is 6.40. The SMILES string of the molecule is Cc1ccc(/C=C/c2cc(C)[nH]c(=S)c2C#N)cc1. The molecule has 0 spiro atoms. The Morgan fingerprint density at radius 3 is 2.47 bits per heavy atom. The van der Waals surface area contributed by atoms with Crippen molar-refractivity contribution in [2.24, 2.45) is 0 Å². The van der Waals surface area contributed by atoms with Crippen LogP contribution in [-0.2, 0) is 0 Å². The van der Waals surface area contributed by atoms with E-state index in [1.54, 1.807) is 0 Å². The second-order valence-electron chi connectivity index (χ2n) is 4.47. The summed E-state index contributed by atoms with van der Waals surface area (Å²) in [6, 6.07) is 12.3. The number of H-pyrrole nitrogens is 1. The van der Waals surface area contributed by atoms with Crippen LogP contribution in [0.5, 0.6) is 0 Å². The Bertz CT molecular complexity index is 716. The molecule has 0 fully saturated rings. The molecule has 0 aliphatic heterocycles. The fraction of sp³-hybridized carbons (Fsp3) is 0.125. The zero-order valence-corrected chi connectivity index (χ0v) is 11.7. The Kier molecular flexibility index (Phi) is 3.94. The number of nitriles is 1. The number of pyridine rings is 1. The van der Waals surface area contributed by atoms with Crippen LogP contribution in [0.3, 0.4) is 0 Å². The molecule has 1 heterocycles. The van der Waals surface area contributed by atoms with Crippen molar-refractivity contribution in [3.63, 3.8) is 0 Å². The topological polar surface area (TPSA) is 39.6 Å². The highest BCUT2D eigenvalue weighted by molar-refractivity contribution is 7.71. The van der Waals surface area contributed by atoms with Crippen LogP contribution in [0.25, 0.3) is 12.2 Å². The van der Waals surface area contributed by atoms with Crippen molar-refractivity contribution in [3.8, 4) is 6.07 Å². The van der Waals surface area contributed by atoms with Crippen molar-refractivity contribution in [1.29, 1.82) is 5.26 Å². The van der Waals surface area contributed by atoms with Gasteiger partial charge in [0.15, 0.2) is 0 Å². The standard InChI is InChI=1S/C16H14N2S/c1-11-3-5-13(6-4-11)7-8-14-9-12(2)18-16(19)15(14)10-17/h3-9H,1-2H3,(H,18,19)/b8-7+. The van der Waals surface area contributed by atoms with Gasteiger partial charge in [0.2, 0.25) is 0 Å². The van der Waals surface area contributed by atoms with E-state index in [1.165, 1.54) is 5.56 Å². The summed E-state index contributed by atoms with van der Waals surface area (Å²) in [5.41, 5.74) is 4.65. The van der Waals surface area contributed by atoms with Gasteiger partial charge in [-0.2, -0.15) is 5.26 Å². The fourth-order valence-electron chi connectivity index (χ4n) is 1.82. The van der Waals surface area contributed by atoms with E-state index >= 15 is 0 Å². The lowest BCUT2D eigenvalue weighted by Crippen LogP contribution is -1.90. The molecule has 94 valence electrons. The zero-order valence-electron chi connectivity index (χ0n) is 10.9. The number of aromatic nitrogens is 1. The van der Waals surface area contributed by atoms with Crippen molar-refractivity contribution >= 4 is 24.4 Å². The number of rotatable bonds is 2. The largest absolute Gasteiger partial charge is 0.349 e. The number of hydrogen-bond donors (Lipinski definition) is 1. The molecule has 0 aliphatic rings. The predicted molar refractivity (Wildman–Crippen MR) is 81.2 cm³/mol. The molecule has 0 bridgehead atoms. The van der Waals surface area contributed by atoms with Crippen LogP contribution in [0.15, 0.2) is 30.3 Å². The minimum atomic E-state index is 0.492. The normalized spacial score (nSPS) is 10.6. The van der Waals surface area contributed by atoms with Crippen molar-refractivity contribution in [2.45, 2.75) is 13.8 Å². The van der Waals surface area contributed by atoms with Gasteiger partial charge in [-0.15, -0.1) is 0 Å². The number of hydrogen-bond acceptors (Lipinski definition) is 2. The van der Waals surface area contributed by atoms with Gasteiger partial charge in [-0.3, -0.25) is 0 Å². The van der Waals surface area contributed by atoms with Crippen LogP contribution >= 0.6 is 12.2 Å². The number of benzene rings is 1. The van der Waals surface area contributed by atoms with Crippen molar-refractivity contribution < 1.29 is 0 Å². The average molecular weight is 266 g/mol. The maximum atomic E-state index is 9.15. The van der Waals surface area contributed by atoms with E-state index in [9.17, 15) is 0 Å². The Morgan fingerprint density at radius 1 is 1.16 bits per heavy atom. The lowest BCUT2D eigenvalue weighted by Gasteiger charge is -2.01. The summed E-state index contributed by atoms with van der Waals surface area (Å²) in [6.45, 7) is 3.99. The summed E-state index contributed by atoms with van der Waals surface area (Å²) in [4.78, 5) is 2.99. The molecule has 3 heteroatoms. The number of nitrogens with zero attached hydrogens (tertiary/aromatic N) is 1. The van der Waals surface area contributed by atoms with Gasteiger partial charge in [-0.05, 0) is 31.0 Å². The van der Waals surface area contributed by atoms with Gasteiger partial charge >= 0.3 is 0 Å². The van der Waals surface area contributed by atoms with Crippen LogP contribution in [0.1, 0.15) is 27.9 Å². The third-order valence-corrected chi connectivity index (χ3v) is 3.15. The molecular formula is C16H14N2S. The highest BCUT2D eigenvalue weighted by atomic mass is 32.1. The lowest BCUT2D eigenvalue weighted by molar-refractivity contribution is 1.16. The Morgan fingerprint density at radius 2 is 1.84 bits per heavy atom. The molecule has 1 aromatic heterocycles. The molecular weight excluding hydrogens is 252 g/mol. The molecule has 0 saturated carbocycles. The van der Waals surface area contributed by atoms with Gasteiger partial charge in [-0.1, -0.05) is 54.2 Å². The summed E-state index contributed by atoms with van der Waals surface area (Å²) in [7, 11) is 0. The number of nitrogens with one attached hydrogen (secondary N) is 1. The second-order valence-corrected chi connectivity index (χ2v) is 4.88. The maximum absolute atomic E-state index is 9.15. The first-order valence-electron chi connectivity index (χ1n) is 5.99. The molecule has 0 unspecified atom stereocenters. The molecule has 0 saturated heterocycles. The first kappa shape index (κ1) is 13.3. The van der Waals surface area contributed by atoms with E-state index in [0.29, 0.717) is 10.2 Å². The molecule has 1 aromatic carbocycles. The van der Waals surface area contributed by atoms with E-state index < -0.39 is 0 Å². The first-order chi connectivity index (χ1) is 9.10. The molecule has 19 heavy (non-hydrogen) atoms. The minimum Gasteiger partial charge on any atom is -0.349 e. The molecule has 2 rings (SSSR count). The van der Waals surface area contributed by atoms with E-state index in [-0.39, 0.29) is 0 Å². The summed E-state index contributed by atoms with van der Waals surface area (Å²) in [6.07, 6.45) is 3.92. The Hall–Kier alpha value is -2.18. The lowest BCUT2D eigenvalue weighted by atomic mass is 10.1. The molecule has 2 aromatic rings. The van der Waals surface area contributed by atoms with Crippen molar-refractivity contribution in [3.05, 3.63) is 62.9 Å². The van der Waals surface area contributed by atoms with Gasteiger partial charge in [-0.25, -0.2) is 0 Å². The van der Waals surface area contributed by atoms with E-state index in [4.69, 9.17) is 17.5 Å². The van der Waals surface area contributed by atoms with Gasteiger partial charge in [0.25, 0.3) is 0 Å². The third kappa shape index (κ3) is 3.18. The van der Waals surface area contributed by atoms with Crippen LogP contribution in [0.4, 0.5) is 0 Å². The highest BCUT2D eigenvalue weighted by Gasteiger charge is 2.02. The quantitative estimate of drug-likeness (QED) is 0.818. The minimum absolute atomic E-state index is 0.492. The Labute approximate surface area is 118 Å². The summed E-state index contributed by atoms with van der Waals surface area (Å²) in [5, 5.41) is 9.15.